The van der Waals surface area contributed by atoms with Crippen molar-refractivity contribution in [1.29, 1.82) is 0 Å². The van der Waals surface area contributed by atoms with E-state index in [1.807, 2.05) is 0 Å². The summed E-state index contributed by atoms with van der Waals surface area (Å²) in [5, 5.41) is 6.49. The van der Waals surface area contributed by atoms with Crippen LogP contribution in [-0.4, -0.2) is 13.1 Å². The topological polar surface area (TPSA) is 15.3 Å². The fourth-order valence-corrected chi connectivity index (χ4v) is 4.75. The molecule has 30 heavy (non-hydrogen) atoms. The van der Waals surface area contributed by atoms with Gasteiger partial charge >= 0.3 is 0 Å². The van der Waals surface area contributed by atoms with Gasteiger partial charge in [0.1, 0.15) is 0 Å². The van der Waals surface area contributed by atoms with Gasteiger partial charge in [0.2, 0.25) is 0 Å². The van der Waals surface area contributed by atoms with Crippen molar-refractivity contribution in [3.05, 3.63) is 108 Å². The summed E-state index contributed by atoms with van der Waals surface area (Å²) < 4.78 is 0. The fraction of sp³-hybridized carbons (Fsp3) is 0.214. The van der Waals surface area contributed by atoms with E-state index in [4.69, 9.17) is 0 Å². The third-order valence-electron chi connectivity index (χ3n) is 6.30. The molecule has 0 aromatic heterocycles. The summed E-state index contributed by atoms with van der Waals surface area (Å²) in [6, 6.07) is 35.2. The maximum Gasteiger partial charge on any atom is 0.0443 e. The molecule has 1 aliphatic rings. The molecule has 2 heteroatoms. The summed E-state index contributed by atoms with van der Waals surface area (Å²) in [5.41, 5.74) is 5.44. The van der Waals surface area contributed by atoms with Gasteiger partial charge in [0, 0.05) is 30.5 Å². The molecule has 1 aliphatic heterocycles. The molecule has 4 aromatic carbocycles. The van der Waals surface area contributed by atoms with E-state index in [1.165, 1.54) is 33.3 Å². The lowest BCUT2D eigenvalue weighted by Crippen LogP contribution is -2.38. The van der Waals surface area contributed by atoms with E-state index in [1.54, 1.807) is 0 Å². The van der Waals surface area contributed by atoms with Gasteiger partial charge in [0.25, 0.3) is 0 Å². The fourth-order valence-electron chi connectivity index (χ4n) is 4.75. The zero-order chi connectivity index (χ0) is 20.3. The second-order valence-electron chi connectivity index (χ2n) is 8.34. The zero-order valence-corrected chi connectivity index (χ0v) is 17.5. The molecule has 0 fully saturated rings. The average molecular weight is 393 g/mol. The lowest BCUT2D eigenvalue weighted by atomic mass is 9.91. The Bertz CT molecular complexity index is 1130. The SMILES string of the molecule is C[C@@H](NCC1Cc2ccccc2N(c2ccccc2)C1)c1cccc2ccccc12. The van der Waals surface area contributed by atoms with E-state index >= 15 is 0 Å². The molecule has 2 nitrogen and oxygen atoms in total. The van der Waals surface area contributed by atoms with Crippen LogP contribution in [0.2, 0.25) is 0 Å². The smallest absolute Gasteiger partial charge is 0.0443 e. The maximum absolute atomic E-state index is 3.84. The Morgan fingerprint density at radius 2 is 1.57 bits per heavy atom. The van der Waals surface area contributed by atoms with Crippen molar-refractivity contribution in [2.24, 2.45) is 5.92 Å². The number of benzene rings is 4. The van der Waals surface area contributed by atoms with E-state index in [-0.39, 0.29) is 0 Å². The van der Waals surface area contributed by atoms with E-state index in [2.05, 4.69) is 114 Å². The van der Waals surface area contributed by atoms with Crippen LogP contribution in [0.15, 0.2) is 97.1 Å². The molecule has 0 aliphatic carbocycles. The van der Waals surface area contributed by atoms with Gasteiger partial charge in [-0.2, -0.15) is 0 Å². The third-order valence-corrected chi connectivity index (χ3v) is 6.30. The van der Waals surface area contributed by atoms with Crippen molar-refractivity contribution in [3.8, 4) is 0 Å². The monoisotopic (exact) mass is 392 g/mol. The van der Waals surface area contributed by atoms with E-state index in [9.17, 15) is 0 Å². The predicted molar refractivity (Wildman–Crippen MR) is 127 cm³/mol. The summed E-state index contributed by atoms with van der Waals surface area (Å²) >= 11 is 0. The first-order valence-electron chi connectivity index (χ1n) is 10.9. The Hall–Kier alpha value is -3.10. The van der Waals surface area contributed by atoms with Gasteiger partial charge < -0.3 is 10.2 Å². The van der Waals surface area contributed by atoms with Gasteiger partial charge in [0.05, 0.1) is 0 Å². The highest BCUT2D eigenvalue weighted by Crippen LogP contribution is 2.35. The van der Waals surface area contributed by atoms with Gasteiger partial charge in [-0.25, -0.2) is 0 Å². The average Bonchev–Trinajstić information content (AvgIpc) is 2.82. The predicted octanol–water partition coefficient (Wildman–Crippen LogP) is 6.50. The zero-order valence-electron chi connectivity index (χ0n) is 17.5. The van der Waals surface area contributed by atoms with Gasteiger partial charge in [-0.05, 0) is 59.4 Å². The number of rotatable bonds is 5. The van der Waals surface area contributed by atoms with Crippen LogP contribution in [0.4, 0.5) is 11.4 Å². The minimum atomic E-state index is 0.318. The Morgan fingerprint density at radius 1 is 0.833 bits per heavy atom. The van der Waals surface area contributed by atoms with Gasteiger partial charge in [-0.15, -0.1) is 0 Å². The molecule has 1 heterocycles. The summed E-state index contributed by atoms with van der Waals surface area (Å²) in [5.74, 6) is 0.567. The van der Waals surface area contributed by atoms with Crippen LogP contribution < -0.4 is 10.2 Å². The molecule has 0 bridgehead atoms. The second kappa shape index (κ2) is 8.33. The molecular formula is C28H28N2. The van der Waals surface area contributed by atoms with Crippen LogP contribution >= 0.6 is 0 Å². The number of hydrogen-bond acceptors (Lipinski definition) is 2. The van der Waals surface area contributed by atoms with E-state index < -0.39 is 0 Å². The second-order valence-corrected chi connectivity index (χ2v) is 8.34. The lowest BCUT2D eigenvalue weighted by Gasteiger charge is -2.37. The molecule has 5 rings (SSSR count). The summed E-state index contributed by atoms with van der Waals surface area (Å²) in [6.45, 7) is 4.33. The van der Waals surface area contributed by atoms with E-state index in [0.29, 0.717) is 12.0 Å². The number of fused-ring (bicyclic) bond motifs is 2. The highest BCUT2D eigenvalue weighted by Gasteiger charge is 2.25. The largest absolute Gasteiger partial charge is 0.341 e. The number of nitrogens with zero attached hydrogens (tertiary/aromatic N) is 1. The summed E-state index contributed by atoms with van der Waals surface area (Å²) in [7, 11) is 0. The highest BCUT2D eigenvalue weighted by atomic mass is 15.2. The Kier molecular flexibility index (Phi) is 5.25. The van der Waals surface area contributed by atoms with Crippen molar-refractivity contribution in [3.63, 3.8) is 0 Å². The molecule has 0 amide bonds. The quantitative estimate of drug-likeness (QED) is 0.417. The van der Waals surface area contributed by atoms with Gasteiger partial charge in [-0.3, -0.25) is 0 Å². The molecular weight excluding hydrogens is 364 g/mol. The van der Waals surface area contributed by atoms with Crippen LogP contribution in [0, 0.1) is 5.92 Å². The molecule has 2 atom stereocenters. The first-order valence-corrected chi connectivity index (χ1v) is 10.9. The number of anilines is 2. The van der Waals surface area contributed by atoms with Crippen LogP contribution in [0.3, 0.4) is 0 Å². The Labute approximate surface area is 179 Å². The van der Waals surface area contributed by atoms with Gasteiger partial charge in [-0.1, -0.05) is 78.9 Å². The van der Waals surface area contributed by atoms with Crippen LogP contribution in [0.1, 0.15) is 24.1 Å². The first kappa shape index (κ1) is 18.9. The standard InChI is InChI=1S/C28H28N2/c1-21(26-16-9-12-23-10-5-7-15-27(23)26)29-19-22-18-24-11-6-8-17-28(24)30(20-22)25-13-3-2-4-14-25/h2-17,21-22,29H,18-20H2,1H3/t21-,22?/m1/s1. The van der Waals surface area contributed by atoms with Crippen LogP contribution in [0.25, 0.3) is 10.8 Å². The summed E-state index contributed by atoms with van der Waals surface area (Å²) in [4.78, 5) is 2.48. The van der Waals surface area contributed by atoms with Crippen molar-refractivity contribution >= 4 is 22.1 Å². The van der Waals surface area contributed by atoms with Crippen molar-refractivity contribution in [1.82, 2.24) is 5.32 Å². The van der Waals surface area contributed by atoms with Crippen LogP contribution in [-0.2, 0) is 6.42 Å². The molecule has 150 valence electrons. The van der Waals surface area contributed by atoms with Gasteiger partial charge in [0.15, 0.2) is 0 Å². The molecule has 4 aromatic rings. The number of para-hydroxylation sites is 2. The molecule has 1 unspecified atom stereocenters. The molecule has 1 N–H and O–H groups in total. The summed E-state index contributed by atoms with van der Waals surface area (Å²) in [6.07, 6.45) is 1.12. The number of nitrogens with one attached hydrogen (secondary N) is 1. The van der Waals surface area contributed by atoms with Crippen molar-refractivity contribution in [2.75, 3.05) is 18.0 Å². The molecule has 0 radical (unpaired) electrons. The first-order chi connectivity index (χ1) is 14.8. The normalized spacial score (nSPS) is 17.0. The minimum absolute atomic E-state index is 0.318. The Morgan fingerprint density at radius 3 is 2.47 bits per heavy atom. The lowest BCUT2D eigenvalue weighted by molar-refractivity contribution is 0.437. The molecule has 0 saturated carbocycles. The highest BCUT2D eigenvalue weighted by molar-refractivity contribution is 5.86. The Balaban J connectivity index is 1.35. The maximum atomic E-state index is 3.84. The molecule has 0 spiro atoms. The number of hydrogen-bond donors (Lipinski definition) is 1. The van der Waals surface area contributed by atoms with Crippen molar-refractivity contribution < 1.29 is 0 Å². The van der Waals surface area contributed by atoms with Crippen LogP contribution in [0.5, 0.6) is 0 Å². The minimum Gasteiger partial charge on any atom is -0.341 e. The van der Waals surface area contributed by atoms with Crippen molar-refractivity contribution in [2.45, 2.75) is 19.4 Å². The molecule has 0 saturated heterocycles. The third kappa shape index (κ3) is 3.71. The van der Waals surface area contributed by atoms with E-state index in [0.717, 1.165) is 19.5 Å².